The second-order valence-electron chi connectivity index (χ2n) is 8.77. The van der Waals surface area contributed by atoms with Crippen molar-refractivity contribution in [2.75, 3.05) is 44.2 Å². The lowest BCUT2D eigenvalue weighted by Gasteiger charge is -2.45. The molecule has 0 aromatic heterocycles. The highest BCUT2D eigenvalue weighted by atomic mass is 16.6. The zero-order valence-electron chi connectivity index (χ0n) is 17.7. The molecule has 1 spiro atoms. The smallest absolute Gasteiger partial charge is 0.409 e. The second-order valence-corrected chi connectivity index (χ2v) is 8.77. The van der Waals surface area contributed by atoms with Gasteiger partial charge in [-0.1, -0.05) is 25.1 Å². The highest BCUT2D eigenvalue weighted by Gasteiger charge is 2.46. The Labute approximate surface area is 173 Å². The zero-order valence-corrected chi connectivity index (χ0v) is 17.7. The van der Waals surface area contributed by atoms with Gasteiger partial charge < -0.3 is 19.4 Å². The van der Waals surface area contributed by atoms with Crippen LogP contribution < -0.4 is 4.90 Å². The second kappa shape index (κ2) is 8.34. The Morgan fingerprint density at radius 2 is 1.79 bits per heavy atom. The van der Waals surface area contributed by atoms with Crippen molar-refractivity contribution in [2.45, 2.75) is 57.4 Å². The lowest BCUT2D eigenvalue weighted by atomic mass is 9.74. The van der Waals surface area contributed by atoms with Crippen LogP contribution in [0.4, 0.5) is 10.5 Å². The number of fused-ring (bicyclic) bond motifs is 2. The average Bonchev–Trinajstić information content (AvgIpc) is 3.07. The average molecular weight is 400 g/mol. The van der Waals surface area contributed by atoms with Crippen molar-refractivity contribution in [3.63, 3.8) is 0 Å². The molecule has 6 heteroatoms. The monoisotopic (exact) mass is 399 g/mol. The van der Waals surface area contributed by atoms with Crippen molar-refractivity contribution in [2.24, 2.45) is 0 Å². The fourth-order valence-corrected chi connectivity index (χ4v) is 5.35. The maximum Gasteiger partial charge on any atom is 0.409 e. The summed E-state index contributed by atoms with van der Waals surface area (Å²) in [6, 6.07) is 8.98. The van der Waals surface area contributed by atoms with E-state index in [0.29, 0.717) is 12.6 Å². The van der Waals surface area contributed by atoms with Gasteiger partial charge in [0.25, 0.3) is 0 Å². The number of nitrogens with zero attached hydrogens (tertiary/aromatic N) is 3. The van der Waals surface area contributed by atoms with Crippen LogP contribution in [0.25, 0.3) is 0 Å². The van der Waals surface area contributed by atoms with E-state index >= 15 is 0 Å². The van der Waals surface area contributed by atoms with Crippen LogP contribution in [0.5, 0.6) is 0 Å². The van der Waals surface area contributed by atoms with Gasteiger partial charge in [0.1, 0.15) is 0 Å². The van der Waals surface area contributed by atoms with Crippen molar-refractivity contribution in [3.05, 3.63) is 29.8 Å². The fraction of sp³-hybridized carbons (Fsp3) is 0.652. The largest absolute Gasteiger partial charge is 0.449 e. The molecule has 3 heterocycles. The molecule has 0 aliphatic carbocycles. The first-order valence-corrected chi connectivity index (χ1v) is 11.1. The molecular formula is C23H33N3O3. The number of likely N-dealkylation sites (tertiary alicyclic amines) is 2. The van der Waals surface area contributed by atoms with Crippen LogP contribution in [0.2, 0.25) is 0 Å². The molecule has 0 saturated carbocycles. The van der Waals surface area contributed by atoms with Crippen molar-refractivity contribution < 1.29 is 14.3 Å². The summed E-state index contributed by atoms with van der Waals surface area (Å²) in [5, 5.41) is 0. The Morgan fingerprint density at radius 1 is 1.10 bits per heavy atom. The highest BCUT2D eigenvalue weighted by molar-refractivity contribution is 5.94. The number of carbonyl (C=O) groups is 2. The number of hydrogen-bond donors (Lipinski definition) is 0. The Hall–Kier alpha value is -2.08. The molecule has 0 unspecified atom stereocenters. The number of ether oxygens (including phenoxy) is 1. The van der Waals surface area contributed by atoms with E-state index in [-0.39, 0.29) is 17.4 Å². The van der Waals surface area contributed by atoms with Crippen LogP contribution in [0, 0.1) is 0 Å². The van der Waals surface area contributed by atoms with Crippen molar-refractivity contribution in [1.29, 1.82) is 0 Å². The molecule has 3 aliphatic heterocycles. The molecule has 3 aliphatic rings. The molecule has 158 valence electrons. The summed E-state index contributed by atoms with van der Waals surface area (Å²) in [6.45, 7) is 8.70. The van der Waals surface area contributed by atoms with Gasteiger partial charge in [-0.15, -0.1) is 0 Å². The fourth-order valence-electron chi connectivity index (χ4n) is 5.35. The van der Waals surface area contributed by atoms with Crippen LogP contribution in [0.3, 0.4) is 0 Å². The first-order valence-electron chi connectivity index (χ1n) is 11.1. The minimum Gasteiger partial charge on any atom is -0.449 e. The molecule has 1 aromatic carbocycles. The Kier molecular flexibility index (Phi) is 5.81. The topological polar surface area (TPSA) is 53.1 Å². The van der Waals surface area contributed by atoms with Gasteiger partial charge in [-0.2, -0.15) is 0 Å². The molecule has 0 N–H and O–H groups in total. The maximum atomic E-state index is 12.2. The summed E-state index contributed by atoms with van der Waals surface area (Å²) in [5.74, 6) is 0.138. The van der Waals surface area contributed by atoms with E-state index in [0.717, 1.165) is 70.5 Å². The Balaban J connectivity index is 1.35. The number of anilines is 1. The Bertz CT molecular complexity index is 749. The summed E-state index contributed by atoms with van der Waals surface area (Å²) in [7, 11) is 0. The Morgan fingerprint density at radius 3 is 2.45 bits per heavy atom. The molecule has 4 rings (SSSR count). The van der Waals surface area contributed by atoms with Crippen LogP contribution in [-0.4, -0.2) is 67.2 Å². The predicted octanol–water partition coefficient (Wildman–Crippen LogP) is 3.40. The number of rotatable bonds is 3. The molecule has 2 saturated heterocycles. The van der Waals surface area contributed by atoms with E-state index in [1.165, 1.54) is 5.56 Å². The molecule has 0 bridgehead atoms. The third-order valence-electron chi connectivity index (χ3n) is 7.03. The van der Waals surface area contributed by atoms with E-state index in [1.54, 1.807) is 6.92 Å². The minimum absolute atomic E-state index is 0.101. The number of para-hydroxylation sites is 1. The third-order valence-corrected chi connectivity index (χ3v) is 7.03. The summed E-state index contributed by atoms with van der Waals surface area (Å²) in [4.78, 5) is 30.7. The van der Waals surface area contributed by atoms with Gasteiger partial charge in [-0.05, 0) is 56.8 Å². The quantitative estimate of drug-likeness (QED) is 0.782. The van der Waals surface area contributed by atoms with Gasteiger partial charge in [-0.3, -0.25) is 4.79 Å². The molecule has 2 amide bonds. The SMILES string of the molecule is CCCOC(=O)N1CCC(N2CCC3(CC2)CN(C(C)=O)c2ccccc23)CC1. The molecule has 0 radical (unpaired) electrons. The van der Waals surface area contributed by atoms with Crippen LogP contribution in [-0.2, 0) is 14.9 Å². The minimum atomic E-state index is -0.158. The standard InChI is InChI=1S/C23H33N3O3/c1-3-16-29-22(28)25-12-8-19(9-13-25)24-14-10-23(11-15-24)17-26(18(2)27)21-7-5-4-6-20(21)23/h4-7,19H,3,8-17H2,1-2H3. The van der Waals surface area contributed by atoms with E-state index in [1.807, 2.05) is 22.8 Å². The molecule has 1 aromatic rings. The van der Waals surface area contributed by atoms with Crippen LogP contribution >= 0.6 is 0 Å². The summed E-state index contributed by atoms with van der Waals surface area (Å²) in [5.41, 5.74) is 2.55. The van der Waals surface area contributed by atoms with Gasteiger partial charge in [-0.25, -0.2) is 4.79 Å². The van der Waals surface area contributed by atoms with Gasteiger partial charge in [0.2, 0.25) is 5.91 Å². The van der Waals surface area contributed by atoms with Gasteiger partial charge >= 0.3 is 6.09 Å². The predicted molar refractivity (Wildman–Crippen MR) is 113 cm³/mol. The number of piperidine rings is 2. The van der Waals surface area contributed by atoms with Gasteiger partial charge in [0.15, 0.2) is 0 Å². The van der Waals surface area contributed by atoms with Gasteiger partial charge in [0, 0.05) is 43.7 Å². The lowest BCUT2D eigenvalue weighted by molar-refractivity contribution is -0.116. The number of amides is 2. The zero-order chi connectivity index (χ0) is 20.4. The highest BCUT2D eigenvalue weighted by Crippen LogP contribution is 2.47. The molecule has 6 nitrogen and oxygen atoms in total. The van der Waals surface area contributed by atoms with E-state index < -0.39 is 0 Å². The molecular weight excluding hydrogens is 366 g/mol. The summed E-state index contributed by atoms with van der Waals surface area (Å²) >= 11 is 0. The van der Waals surface area contributed by atoms with E-state index in [2.05, 4.69) is 23.1 Å². The van der Waals surface area contributed by atoms with Crippen molar-refractivity contribution >= 4 is 17.7 Å². The molecule has 2 fully saturated rings. The van der Waals surface area contributed by atoms with E-state index in [4.69, 9.17) is 4.74 Å². The molecule has 0 atom stereocenters. The maximum absolute atomic E-state index is 12.2. The first kappa shape index (κ1) is 20.2. The number of carbonyl (C=O) groups excluding carboxylic acids is 2. The third kappa shape index (κ3) is 3.87. The number of hydrogen-bond acceptors (Lipinski definition) is 4. The molecule has 29 heavy (non-hydrogen) atoms. The van der Waals surface area contributed by atoms with Crippen LogP contribution in [0.1, 0.15) is 51.5 Å². The van der Waals surface area contributed by atoms with E-state index in [9.17, 15) is 9.59 Å². The summed E-state index contributed by atoms with van der Waals surface area (Å²) < 4.78 is 5.28. The van der Waals surface area contributed by atoms with Crippen molar-refractivity contribution in [3.8, 4) is 0 Å². The lowest BCUT2D eigenvalue weighted by Crippen LogP contribution is -2.52. The van der Waals surface area contributed by atoms with Crippen molar-refractivity contribution in [1.82, 2.24) is 9.80 Å². The number of benzene rings is 1. The first-order chi connectivity index (χ1) is 14.0. The van der Waals surface area contributed by atoms with Gasteiger partial charge in [0.05, 0.1) is 6.61 Å². The normalized spacial score (nSPS) is 22.0. The summed E-state index contributed by atoms with van der Waals surface area (Å²) in [6.07, 6.45) is 4.92. The van der Waals surface area contributed by atoms with Crippen LogP contribution in [0.15, 0.2) is 24.3 Å².